The lowest BCUT2D eigenvalue weighted by Crippen LogP contribution is -2.43. The lowest BCUT2D eigenvalue weighted by atomic mass is 9.94. The molecule has 0 unspecified atom stereocenters. The standard InChI is InChI=1S/C24H32N2O3/c1-3-4-5-6-7-8-9-10-11-12-15-26-23(27)21(17-20-14-13-16-29-20)19(2)22(18-25)24(26)28/h13-14,16-17H,3-12,15H2,1-2H3/b21-17+. The van der Waals surface area contributed by atoms with Gasteiger partial charge in [0, 0.05) is 12.1 Å². The van der Waals surface area contributed by atoms with Crippen LogP contribution in [-0.4, -0.2) is 23.3 Å². The van der Waals surface area contributed by atoms with Gasteiger partial charge in [0.25, 0.3) is 11.8 Å². The summed E-state index contributed by atoms with van der Waals surface area (Å²) in [4.78, 5) is 26.7. The van der Waals surface area contributed by atoms with Crippen LogP contribution in [0.4, 0.5) is 0 Å². The normalized spacial score (nSPS) is 16.0. The van der Waals surface area contributed by atoms with Crippen LogP contribution in [0.5, 0.6) is 0 Å². The molecule has 0 N–H and O–H groups in total. The molecule has 0 aromatic carbocycles. The van der Waals surface area contributed by atoms with Crippen molar-refractivity contribution in [3.05, 3.63) is 40.9 Å². The largest absolute Gasteiger partial charge is 0.465 e. The van der Waals surface area contributed by atoms with Crippen LogP contribution in [0, 0.1) is 11.3 Å². The molecule has 0 saturated heterocycles. The van der Waals surface area contributed by atoms with Crippen LogP contribution < -0.4 is 0 Å². The molecule has 0 radical (unpaired) electrons. The quantitative estimate of drug-likeness (QED) is 0.254. The zero-order valence-corrected chi connectivity index (χ0v) is 17.7. The summed E-state index contributed by atoms with van der Waals surface area (Å²) in [5, 5.41) is 9.41. The molecule has 1 aliphatic rings. The highest BCUT2D eigenvalue weighted by Gasteiger charge is 2.35. The van der Waals surface area contributed by atoms with Crippen molar-refractivity contribution in [2.75, 3.05) is 6.54 Å². The van der Waals surface area contributed by atoms with Gasteiger partial charge in [0.05, 0.1) is 6.26 Å². The van der Waals surface area contributed by atoms with E-state index in [1.54, 1.807) is 25.1 Å². The molecule has 0 aliphatic carbocycles. The smallest absolute Gasteiger partial charge is 0.271 e. The summed E-state index contributed by atoms with van der Waals surface area (Å²) < 4.78 is 5.29. The first-order valence-electron chi connectivity index (χ1n) is 10.8. The van der Waals surface area contributed by atoms with Gasteiger partial charge < -0.3 is 4.42 Å². The zero-order valence-electron chi connectivity index (χ0n) is 17.7. The number of carbonyl (C=O) groups is 2. The summed E-state index contributed by atoms with van der Waals surface area (Å²) in [6.45, 7) is 4.22. The highest BCUT2D eigenvalue weighted by atomic mass is 16.3. The number of unbranched alkanes of at least 4 members (excludes halogenated alkanes) is 9. The van der Waals surface area contributed by atoms with Crippen molar-refractivity contribution in [3.63, 3.8) is 0 Å². The molecule has 2 amide bonds. The van der Waals surface area contributed by atoms with E-state index < -0.39 is 5.91 Å². The predicted octanol–water partition coefficient (Wildman–Crippen LogP) is 5.79. The Bertz CT molecular complexity index is 782. The molecule has 0 bridgehead atoms. The number of hydrogen-bond acceptors (Lipinski definition) is 4. The fraction of sp³-hybridized carbons (Fsp3) is 0.542. The zero-order chi connectivity index (χ0) is 21.1. The third kappa shape index (κ3) is 6.45. The Morgan fingerprint density at radius 2 is 1.62 bits per heavy atom. The Kier molecular flexibility index (Phi) is 9.43. The van der Waals surface area contributed by atoms with Crippen molar-refractivity contribution < 1.29 is 14.0 Å². The van der Waals surface area contributed by atoms with Crippen molar-refractivity contribution in [1.29, 1.82) is 5.26 Å². The molecule has 1 aromatic rings. The number of furan rings is 1. The van der Waals surface area contributed by atoms with E-state index in [4.69, 9.17) is 4.42 Å². The maximum atomic E-state index is 12.9. The first-order chi connectivity index (χ1) is 14.1. The monoisotopic (exact) mass is 396 g/mol. The van der Waals surface area contributed by atoms with Crippen molar-refractivity contribution in [2.45, 2.75) is 78.1 Å². The molecular formula is C24H32N2O3. The minimum absolute atomic E-state index is 0.0366. The van der Waals surface area contributed by atoms with Crippen molar-refractivity contribution in [3.8, 4) is 6.07 Å². The van der Waals surface area contributed by atoms with Crippen LogP contribution in [0.3, 0.4) is 0 Å². The molecule has 5 nitrogen and oxygen atoms in total. The van der Waals surface area contributed by atoms with Crippen LogP contribution in [0.2, 0.25) is 0 Å². The fourth-order valence-electron chi connectivity index (χ4n) is 3.61. The van der Waals surface area contributed by atoms with Crippen molar-refractivity contribution in [1.82, 2.24) is 4.90 Å². The average molecular weight is 397 g/mol. The topological polar surface area (TPSA) is 74.3 Å². The van der Waals surface area contributed by atoms with E-state index in [1.165, 1.54) is 56.1 Å². The van der Waals surface area contributed by atoms with E-state index in [-0.39, 0.29) is 11.5 Å². The van der Waals surface area contributed by atoms with Gasteiger partial charge in [-0.05, 0) is 37.1 Å². The molecule has 0 fully saturated rings. The van der Waals surface area contributed by atoms with Crippen LogP contribution in [0.25, 0.3) is 6.08 Å². The van der Waals surface area contributed by atoms with Crippen LogP contribution in [0.1, 0.15) is 83.8 Å². The van der Waals surface area contributed by atoms with Crippen LogP contribution in [0.15, 0.2) is 39.5 Å². The average Bonchev–Trinajstić information content (AvgIpc) is 3.22. The first-order valence-corrected chi connectivity index (χ1v) is 10.8. The predicted molar refractivity (Wildman–Crippen MR) is 114 cm³/mol. The van der Waals surface area contributed by atoms with Gasteiger partial charge >= 0.3 is 0 Å². The van der Waals surface area contributed by atoms with E-state index in [0.29, 0.717) is 23.5 Å². The first kappa shape index (κ1) is 22.7. The highest BCUT2D eigenvalue weighted by Crippen LogP contribution is 2.27. The Morgan fingerprint density at radius 1 is 1.00 bits per heavy atom. The summed E-state index contributed by atoms with van der Waals surface area (Å²) in [6, 6.07) is 5.44. The highest BCUT2D eigenvalue weighted by molar-refractivity contribution is 6.19. The van der Waals surface area contributed by atoms with Gasteiger partial charge in [-0.1, -0.05) is 64.7 Å². The summed E-state index contributed by atoms with van der Waals surface area (Å²) in [5.74, 6) is -0.306. The van der Waals surface area contributed by atoms with Crippen molar-refractivity contribution >= 4 is 17.9 Å². The fourth-order valence-corrected chi connectivity index (χ4v) is 3.61. The minimum atomic E-state index is -0.484. The van der Waals surface area contributed by atoms with Gasteiger partial charge in [-0.2, -0.15) is 5.26 Å². The molecule has 1 aromatic heterocycles. The third-order valence-electron chi connectivity index (χ3n) is 5.39. The van der Waals surface area contributed by atoms with Gasteiger partial charge in [-0.25, -0.2) is 0 Å². The third-order valence-corrected chi connectivity index (χ3v) is 5.39. The molecule has 0 saturated carbocycles. The number of hydrogen-bond donors (Lipinski definition) is 0. The summed E-state index contributed by atoms with van der Waals surface area (Å²) in [6.07, 6.45) is 15.0. The van der Waals surface area contributed by atoms with Crippen molar-refractivity contribution in [2.24, 2.45) is 0 Å². The Morgan fingerprint density at radius 3 is 2.17 bits per heavy atom. The van der Waals surface area contributed by atoms with E-state index in [0.717, 1.165) is 19.3 Å². The van der Waals surface area contributed by atoms with E-state index >= 15 is 0 Å². The second-order valence-electron chi connectivity index (χ2n) is 7.63. The van der Waals surface area contributed by atoms with Crippen LogP contribution >= 0.6 is 0 Å². The molecule has 5 heteroatoms. The number of rotatable bonds is 12. The van der Waals surface area contributed by atoms with Gasteiger partial charge in [-0.3, -0.25) is 14.5 Å². The molecule has 2 heterocycles. The maximum absolute atomic E-state index is 12.9. The molecule has 1 aliphatic heterocycles. The van der Waals surface area contributed by atoms with E-state index in [1.807, 2.05) is 6.07 Å². The Hall–Kier alpha value is -2.61. The summed E-state index contributed by atoms with van der Waals surface area (Å²) in [7, 11) is 0. The molecule has 2 rings (SSSR count). The second-order valence-corrected chi connectivity index (χ2v) is 7.63. The number of carbonyl (C=O) groups excluding carboxylic acids is 2. The number of nitriles is 1. The van der Waals surface area contributed by atoms with Gasteiger partial charge in [0.1, 0.15) is 17.4 Å². The Labute approximate surface area is 174 Å². The van der Waals surface area contributed by atoms with E-state index in [9.17, 15) is 14.9 Å². The minimum Gasteiger partial charge on any atom is -0.465 e. The lowest BCUT2D eigenvalue weighted by molar-refractivity contribution is -0.140. The van der Waals surface area contributed by atoms with Gasteiger partial charge in [0.15, 0.2) is 0 Å². The number of imide groups is 1. The maximum Gasteiger partial charge on any atom is 0.271 e. The van der Waals surface area contributed by atoms with Gasteiger partial charge in [0.2, 0.25) is 0 Å². The van der Waals surface area contributed by atoms with E-state index in [2.05, 4.69) is 6.92 Å². The molecule has 29 heavy (non-hydrogen) atoms. The Balaban J connectivity index is 1.86. The molecule has 156 valence electrons. The SMILES string of the molecule is CCCCCCCCCCCCN1C(=O)C(C#N)=C(C)/C(=C\c2ccco2)C1=O. The molecular weight excluding hydrogens is 364 g/mol. The van der Waals surface area contributed by atoms with Crippen LogP contribution in [-0.2, 0) is 9.59 Å². The number of nitrogens with zero attached hydrogens (tertiary/aromatic N) is 2. The summed E-state index contributed by atoms with van der Waals surface area (Å²) in [5.41, 5.74) is 0.802. The molecule has 0 atom stereocenters. The lowest BCUT2D eigenvalue weighted by Gasteiger charge is -2.27. The van der Waals surface area contributed by atoms with Gasteiger partial charge in [-0.15, -0.1) is 0 Å². The second kappa shape index (κ2) is 12.1. The molecule has 0 spiro atoms. The summed E-state index contributed by atoms with van der Waals surface area (Å²) >= 11 is 0. The number of amides is 2.